The van der Waals surface area contributed by atoms with Gasteiger partial charge in [-0.25, -0.2) is 0 Å². The van der Waals surface area contributed by atoms with Gasteiger partial charge in [-0.3, -0.25) is 0 Å². The van der Waals surface area contributed by atoms with Gasteiger partial charge < -0.3 is 8.92 Å². The molecule has 5 heteroatoms. The molecule has 3 rings (SSSR count). The number of hydrogen-bond acceptors (Lipinski definition) is 4. The van der Waals surface area contributed by atoms with E-state index in [1.807, 2.05) is 63.2 Å². The molecule has 0 fully saturated rings. The first kappa shape index (κ1) is 19.0. The van der Waals surface area contributed by atoms with Crippen molar-refractivity contribution in [2.24, 2.45) is 0 Å². The van der Waals surface area contributed by atoms with Gasteiger partial charge >= 0.3 is 10.1 Å². The maximum Gasteiger partial charge on any atom is 0.339 e. The quantitative estimate of drug-likeness (QED) is 0.543. The molecule has 0 bridgehead atoms. The Morgan fingerprint density at radius 2 is 1.26 bits per heavy atom. The molecule has 0 saturated heterocycles. The molecule has 3 aromatic rings. The normalized spacial score (nSPS) is 11.8. The molecule has 0 aliphatic heterocycles. The van der Waals surface area contributed by atoms with Gasteiger partial charge in [0.2, 0.25) is 0 Å². The Kier molecular flexibility index (Phi) is 5.24. The smallest absolute Gasteiger partial charge is 0.339 e. The van der Waals surface area contributed by atoms with Crippen molar-refractivity contribution in [1.82, 2.24) is 0 Å². The lowest BCUT2D eigenvalue weighted by Crippen LogP contribution is -2.16. The molecular weight excluding hydrogens is 360 g/mol. The van der Waals surface area contributed by atoms with E-state index in [9.17, 15) is 8.42 Å². The van der Waals surface area contributed by atoms with Crippen LogP contribution >= 0.6 is 0 Å². The fourth-order valence-electron chi connectivity index (χ4n) is 2.62. The zero-order chi connectivity index (χ0) is 19.5. The first-order valence-corrected chi connectivity index (χ1v) is 10.0. The van der Waals surface area contributed by atoms with Gasteiger partial charge in [0, 0.05) is 5.56 Å². The molecule has 0 N–H and O–H groups in total. The van der Waals surface area contributed by atoms with E-state index in [1.54, 1.807) is 24.3 Å². The third-order valence-corrected chi connectivity index (χ3v) is 5.23. The lowest BCUT2D eigenvalue weighted by Gasteiger charge is -2.22. The van der Waals surface area contributed by atoms with Gasteiger partial charge in [0.1, 0.15) is 22.1 Å². The minimum absolute atomic E-state index is 0.0756. The third-order valence-electron chi connectivity index (χ3n) is 3.99. The highest BCUT2D eigenvalue weighted by Crippen LogP contribution is 2.33. The zero-order valence-corrected chi connectivity index (χ0v) is 16.4. The van der Waals surface area contributed by atoms with Gasteiger partial charge in [-0.15, -0.1) is 0 Å². The summed E-state index contributed by atoms with van der Waals surface area (Å²) >= 11 is 0. The van der Waals surface area contributed by atoms with Crippen molar-refractivity contribution in [2.45, 2.75) is 31.1 Å². The zero-order valence-electron chi connectivity index (χ0n) is 15.5. The summed E-state index contributed by atoms with van der Waals surface area (Å²) in [4.78, 5) is 0.0756. The summed E-state index contributed by atoms with van der Waals surface area (Å²) in [6.45, 7) is 6.03. The molecule has 0 saturated carbocycles. The van der Waals surface area contributed by atoms with Crippen molar-refractivity contribution in [3.05, 3.63) is 84.4 Å². The minimum Gasteiger partial charge on any atom is -0.457 e. The molecule has 4 nitrogen and oxygen atoms in total. The molecular formula is C22H22O4S. The van der Waals surface area contributed by atoms with Crippen LogP contribution in [0.2, 0.25) is 0 Å². The molecule has 0 amide bonds. The Hall–Kier alpha value is -2.79. The summed E-state index contributed by atoms with van der Waals surface area (Å²) in [5.41, 5.74) is 0.595. The predicted octanol–water partition coefficient (Wildman–Crippen LogP) is 5.54. The predicted molar refractivity (Wildman–Crippen MR) is 106 cm³/mol. The van der Waals surface area contributed by atoms with Gasteiger partial charge in [-0.2, -0.15) is 8.42 Å². The average Bonchev–Trinajstić information content (AvgIpc) is 2.62. The maximum absolute atomic E-state index is 12.7. The second-order valence-electron chi connectivity index (χ2n) is 7.17. The molecule has 0 atom stereocenters. The van der Waals surface area contributed by atoms with E-state index < -0.39 is 10.1 Å². The second kappa shape index (κ2) is 7.45. The van der Waals surface area contributed by atoms with Crippen LogP contribution in [-0.2, 0) is 15.5 Å². The molecule has 0 aromatic heterocycles. The molecule has 0 aliphatic carbocycles. The largest absolute Gasteiger partial charge is 0.457 e. The summed E-state index contributed by atoms with van der Waals surface area (Å²) < 4.78 is 36.5. The highest BCUT2D eigenvalue weighted by atomic mass is 32.2. The van der Waals surface area contributed by atoms with E-state index in [2.05, 4.69) is 0 Å². The van der Waals surface area contributed by atoms with Crippen molar-refractivity contribution in [3.63, 3.8) is 0 Å². The molecule has 140 valence electrons. The topological polar surface area (TPSA) is 52.6 Å². The van der Waals surface area contributed by atoms with Crippen molar-refractivity contribution < 1.29 is 17.3 Å². The van der Waals surface area contributed by atoms with Crippen LogP contribution in [-0.4, -0.2) is 8.42 Å². The number of hydrogen-bond donors (Lipinski definition) is 0. The Morgan fingerprint density at radius 1 is 0.704 bits per heavy atom. The van der Waals surface area contributed by atoms with Crippen LogP contribution < -0.4 is 8.92 Å². The van der Waals surface area contributed by atoms with Crippen LogP contribution in [0.4, 0.5) is 0 Å². The van der Waals surface area contributed by atoms with Gasteiger partial charge in [-0.1, -0.05) is 57.2 Å². The van der Waals surface area contributed by atoms with Gasteiger partial charge in [0.25, 0.3) is 0 Å². The van der Waals surface area contributed by atoms with Crippen LogP contribution in [0.15, 0.2) is 83.8 Å². The SMILES string of the molecule is CC(C)(C)c1ccccc1OS(=O)(=O)c1ccc(Oc2ccccc2)cc1. The Balaban J connectivity index is 1.82. The lowest BCUT2D eigenvalue weighted by atomic mass is 9.86. The first-order valence-electron chi connectivity index (χ1n) is 8.63. The van der Waals surface area contributed by atoms with Crippen LogP contribution in [0, 0.1) is 0 Å². The molecule has 0 spiro atoms. The van der Waals surface area contributed by atoms with E-state index in [0.29, 0.717) is 17.2 Å². The lowest BCUT2D eigenvalue weighted by molar-refractivity contribution is 0.469. The van der Waals surface area contributed by atoms with Gasteiger partial charge in [0.05, 0.1) is 0 Å². The van der Waals surface area contributed by atoms with E-state index in [1.165, 1.54) is 12.1 Å². The van der Waals surface area contributed by atoms with Crippen molar-refractivity contribution in [3.8, 4) is 17.2 Å². The molecule has 27 heavy (non-hydrogen) atoms. The van der Waals surface area contributed by atoms with Crippen LogP contribution in [0.5, 0.6) is 17.2 Å². The third kappa shape index (κ3) is 4.68. The summed E-state index contributed by atoms with van der Waals surface area (Å²) in [6, 6.07) is 22.7. The molecule has 0 heterocycles. The van der Waals surface area contributed by atoms with E-state index in [0.717, 1.165) is 5.56 Å². The van der Waals surface area contributed by atoms with E-state index in [-0.39, 0.29) is 10.3 Å². The van der Waals surface area contributed by atoms with Crippen molar-refractivity contribution >= 4 is 10.1 Å². The van der Waals surface area contributed by atoms with Crippen molar-refractivity contribution in [2.75, 3.05) is 0 Å². The number of ether oxygens (including phenoxy) is 1. The summed E-state index contributed by atoms with van der Waals surface area (Å²) in [6.07, 6.45) is 0. The Bertz CT molecular complexity index is 1000. The Labute approximate surface area is 160 Å². The summed E-state index contributed by atoms with van der Waals surface area (Å²) in [5, 5.41) is 0. The molecule has 0 unspecified atom stereocenters. The summed E-state index contributed by atoms with van der Waals surface area (Å²) in [5.74, 6) is 1.58. The highest BCUT2D eigenvalue weighted by molar-refractivity contribution is 7.87. The number of benzene rings is 3. The van der Waals surface area contributed by atoms with Gasteiger partial charge in [0.15, 0.2) is 0 Å². The standard InChI is InChI=1S/C22H22O4S/c1-22(2,3)20-11-7-8-12-21(20)26-27(23,24)19-15-13-18(14-16-19)25-17-9-5-4-6-10-17/h4-16H,1-3H3. The maximum atomic E-state index is 12.7. The van der Waals surface area contributed by atoms with Crippen molar-refractivity contribution in [1.29, 1.82) is 0 Å². The first-order chi connectivity index (χ1) is 12.8. The van der Waals surface area contributed by atoms with Crippen LogP contribution in [0.3, 0.4) is 0 Å². The Morgan fingerprint density at radius 3 is 1.89 bits per heavy atom. The second-order valence-corrected chi connectivity index (χ2v) is 8.72. The molecule has 0 aliphatic rings. The fourth-order valence-corrected chi connectivity index (χ4v) is 3.57. The minimum atomic E-state index is -3.94. The van der Waals surface area contributed by atoms with Crippen LogP contribution in [0.25, 0.3) is 0 Å². The number of para-hydroxylation sites is 2. The monoisotopic (exact) mass is 382 g/mol. The number of rotatable bonds is 5. The highest BCUT2D eigenvalue weighted by Gasteiger charge is 2.23. The average molecular weight is 382 g/mol. The van der Waals surface area contributed by atoms with Crippen LogP contribution in [0.1, 0.15) is 26.3 Å². The van der Waals surface area contributed by atoms with Gasteiger partial charge in [-0.05, 0) is 47.9 Å². The molecule has 0 radical (unpaired) electrons. The van der Waals surface area contributed by atoms with E-state index >= 15 is 0 Å². The molecule has 3 aromatic carbocycles. The fraction of sp³-hybridized carbons (Fsp3) is 0.182. The van der Waals surface area contributed by atoms with E-state index in [4.69, 9.17) is 8.92 Å². The summed E-state index contributed by atoms with van der Waals surface area (Å²) in [7, 11) is -3.94.